The molecule has 2 aromatic rings. The van der Waals surface area contributed by atoms with Gasteiger partial charge in [-0.25, -0.2) is 0 Å². The van der Waals surface area contributed by atoms with Gasteiger partial charge in [0.15, 0.2) is 0 Å². The van der Waals surface area contributed by atoms with Crippen molar-refractivity contribution in [2.75, 3.05) is 25.4 Å². The molecule has 2 bridgehead atoms. The number of nitrogen functional groups attached to an aromatic ring is 1. The summed E-state index contributed by atoms with van der Waals surface area (Å²) < 4.78 is 0. The lowest BCUT2D eigenvalue weighted by molar-refractivity contribution is 0.0618. The zero-order chi connectivity index (χ0) is 15.8. The van der Waals surface area contributed by atoms with Crippen LogP contribution in [0.2, 0.25) is 0 Å². The molecule has 3 saturated heterocycles. The number of amides is 1. The highest BCUT2D eigenvalue weighted by Crippen LogP contribution is 2.28. The summed E-state index contributed by atoms with van der Waals surface area (Å²) in [6.45, 7) is 3.34. The van der Waals surface area contributed by atoms with Crippen LogP contribution in [0.15, 0.2) is 36.4 Å². The van der Waals surface area contributed by atoms with Gasteiger partial charge < -0.3 is 20.9 Å². The van der Waals surface area contributed by atoms with Crippen LogP contribution >= 0.6 is 0 Å². The van der Waals surface area contributed by atoms with E-state index in [4.69, 9.17) is 5.73 Å². The molecule has 1 atom stereocenters. The predicted octanol–water partition coefficient (Wildman–Crippen LogP) is 2.09. The van der Waals surface area contributed by atoms with Gasteiger partial charge in [-0.2, -0.15) is 0 Å². The summed E-state index contributed by atoms with van der Waals surface area (Å²) in [6, 6.07) is 11.7. The van der Waals surface area contributed by atoms with Crippen LogP contribution in [0, 0.1) is 5.92 Å². The first-order valence-electron chi connectivity index (χ1n) is 8.27. The molecule has 3 aliphatic heterocycles. The molecular weight excluding hydrogens is 288 g/mol. The number of nitrogens with one attached hydrogen (secondary N) is 2. The molecule has 1 aromatic heterocycles. The summed E-state index contributed by atoms with van der Waals surface area (Å²) in [4.78, 5) is 18.2. The minimum Gasteiger partial charge on any atom is -0.399 e. The van der Waals surface area contributed by atoms with Crippen LogP contribution in [-0.2, 0) is 0 Å². The maximum absolute atomic E-state index is 12.5. The monoisotopic (exact) mass is 310 g/mol. The van der Waals surface area contributed by atoms with Gasteiger partial charge in [-0.15, -0.1) is 0 Å². The van der Waals surface area contributed by atoms with E-state index in [-0.39, 0.29) is 11.9 Å². The topological polar surface area (TPSA) is 74.2 Å². The van der Waals surface area contributed by atoms with Gasteiger partial charge in [-0.1, -0.05) is 12.1 Å². The Morgan fingerprint density at radius 1 is 1.22 bits per heavy atom. The Morgan fingerprint density at radius 3 is 2.74 bits per heavy atom. The van der Waals surface area contributed by atoms with E-state index in [1.165, 1.54) is 25.9 Å². The number of benzene rings is 1. The van der Waals surface area contributed by atoms with Gasteiger partial charge in [0.05, 0.1) is 0 Å². The molecule has 0 aliphatic carbocycles. The first kappa shape index (κ1) is 14.3. The number of nitrogens with zero attached hydrogens (tertiary/aromatic N) is 1. The van der Waals surface area contributed by atoms with E-state index in [0.717, 1.165) is 23.5 Å². The van der Waals surface area contributed by atoms with E-state index in [1.807, 2.05) is 36.4 Å². The molecular formula is C18H22N4O. The maximum Gasteiger partial charge on any atom is 0.267 e. The molecule has 4 heterocycles. The van der Waals surface area contributed by atoms with Crippen molar-refractivity contribution in [1.29, 1.82) is 0 Å². The van der Waals surface area contributed by atoms with Crippen LogP contribution in [0.25, 0.3) is 11.3 Å². The van der Waals surface area contributed by atoms with Crippen LogP contribution in [0.4, 0.5) is 5.69 Å². The molecule has 5 rings (SSSR count). The zero-order valence-electron chi connectivity index (χ0n) is 13.1. The van der Waals surface area contributed by atoms with E-state index in [9.17, 15) is 4.79 Å². The lowest BCUT2D eigenvalue weighted by Crippen LogP contribution is -2.57. The average Bonchev–Trinajstić information content (AvgIpc) is 3.06. The number of carbonyl (C=O) groups is 1. The molecule has 23 heavy (non-hydrogen) atoms. The van der Waals surface area contributed by atoms with Gasteiger partial charge in [0.1, 0.15) is 5.69 Å². The predicted molar refractivity (Wildman–Crippen MR) is 91.1 cm³/mol. The van der Waals surface area contributed by atoms with E-state index in [2.05, 4.69) is 15.2 Å². The lowest BCUT2D eigenvalue weighted by atomic mass is 9.84. The van der Waals surface area contributed by atoms with Crippen LogP contribution < -0.4 is 11.1 Å². The number of rotatable bonds is 3. The van der Waals surface area contributed by atoms with Gasteiger partial charge in [0.2, 0.25) is 0 Å². The van der Waals surface area contributed by atoms with E-state index >= 15 is 0 Å². The minimum atomic E-state index is -0.0149. The Bertz CT molecular complexity index is 715. The first-order chi connectivity index (χ1) is 11.2. The fraction of sp³-hybridized carbons (Fsp3) is 0.389. The summed E-state index contributed by atoms with van der Waals surface area (Å²) in [6.07, 6.45) is 2.40. The Balaban J connectivity index is 1.47. The number of nitrogens with two attached hydrogens (primary N) is 1. The fourth-order valence-corrected chi connectivity index (χ4v) is 3.78. The molecule has 1 amide bonds. The number of hydrogen-bond acceptors (Lipinski definition) is 3. The summed E-state index contributed by atoms with van der Waals surface area (Å²) in [5.74, 6) is 0.617. The van der Waals surface area contributed by atoms with Crippen molar-refractivity contribution in [2.24, 2.45) is 5.92 Å². The number of carbonyl (C=O) groups excluding carboxylic acids is 1. The van der Waals surface area contributed by atoms with E-state index in [0.29, 0.717) is 11.6 Å². The molecule has 120 valence electrons. The van der Waals surface area contributed by atoms with Crippen LogP contribution in [0.1, 0.15) is 23.3 Å². The third-order valence-corrected chi connectivity index (χ3v) is 5.10. The average molecular weight is 310 g/mol. The fourth-order valence-electron chi connectivity index (χ4n) is 3.78. The molecule has 3 fully saturated rings. The molecule has 3 aliphatic rings. The van der Waals surface area contributed by atoms with Crippen molar-refractivity contribution in [2.45, 2.75) is 18.9 Å². The molecule has 0 spiro atoms. The summed E-state index contributed by atoms with van der Waals surface area (Å²) >= 11 is 0. The number of fused-ring (bicyclic) bond motifs is 3. The number of anilines is 1. The van der Waals surface area contributed by atoms with Gasteiger partial charge in [-0.05, 0) is 61.7 Å². The number of aromatic nitrogens is 1. The van der Waals surface area contributed by atoms with Crippen LogP contribution in [-0.4, -0.2) is 41.5 Å². The molecule has 0 saturated carbocycles. The highest BCUT2D eigenvalue weighted by atomic mass is 16.2. The Hall–Kier alpha value is -2.27. The highest BCUT2D eigenvalue weighted by Gasteiger charge is 2.35. The number of piperidine rings is 3. The second kappa shape index (κ2) is 5.74. The molecule has 4 N–H and O–H groups in total. The summed E-state index contributed by atoms with van der Waals surface area (Å²) in [5.41, 5.74) is 9.06. The van der Waals surface area contributed by atoms with Crippen LogP contribution in [0.5, 0.6) is 0 Å². The minimum absolute atomic E-state index is 0.0149. The zero-order valence-corrected chi connectivity index (χ0v) is 13.1. The van der Waals surface area contributed by atoms with Gasteiger partial charge >= 0.3 is 0 Å². The summed E-state index contributed by atoms with van der Waals surface area (Å²) in [5, 5.41) is 3.21. The van der Waals surface area contributed by atoms with E-state index in [1.54, 1.807) is 0 Å². The van der Waals surface area contributed by atoms with E-state index < -0.39 is 0 Å². The molecule has 5 nitrogen and oxygen atoms in total. The normalized spacial score (nSPS) is 26.2. The number of H-pyrrole nitrogens is 1. The Kier molecular flexibility index (Phi) is 3.58. The SMILES string of the molecule is Nc1cccc(-c2ccc(C(=O)N[C@H]3CN4CCC3CC4)[nH]2)c1. The largest absolute Gasteiger partial charge is 0.399 e. The van der Waals surface area contributed by atoms with Gasteiger partial charge in [-0.3, -0.25) is 4.79 Å². The Labute approximate surface area is 135 Å². The Morgan fingerprint density at radius 2 is 2.04 bits per heavy atom. The number of aromatic amines is 1. The third-order valence-electron chi connectivity index (χ3n) is 5.10. The third kappa shape index (κ3) is 2.84. The first-order valence-corrected chi connectivity index (χ1v) is 8.27. The van der Waals surface area contributed by atoms with Crippen molar-refractivity contribution in [3.63, 3.8) is 0 Å². The second-order valence-electron chi connectivity index (χ2n) is 6.63. The van der Waals surface area contributed by atoms with Crippen molar-refractivity contribution in [3.8, 4) is 11.3 Å². The van der Waals surface area contributed by atoms with Crippen molar-refractivity contribution in [1.82, 2.24) is 15.2 Å². The van der Waals surface area contributed by atoms with Crippen LogP contribution in [0.3, 0.4) is 0 Å². The number of hydrogen-bond donors (Lipinski definition) is 3. The highest BCUT2D eigenvalue weighted by molar-refractivity contribution is 5.93. The molecule has 1 aromatic carbocycles. The quantitative estimate of drug-likeness (QED) is 0.760. The molecule has 5 heteroatoms. The standard InChI is InChI=1S/C18H22N4O/c19-14-3-1-2-13(10-14)15-4-5-16(20-15)18(23)21-17-11-22-8-6-12(17)7-9-22/h1-5,10,12,17,20H,6-9,11,19H2,(H,21,23)/t17-/m0/s1. The maximum atomic E-state index is 12.5. The van der Waals surface area contributed by atoms with Crippen molar-refractivity contribution < 1.29 is 4.79 Å². The molecule has 0 radical (unpaired) electrons. The smallest absolute Gasteiger partial charge is 0.267 e. The van der Waals surface area contributed by atoms with Gasteiger partial charge in [0, 0.05) is 24.0 Å². The van der Waals surface area contributed by atoms with Gasteiger partial charge in [0.25, 0.3) is 5.91 Å². The lowest BCUT2D eigenvalue weighted by Gasteiger charge is -2.44. The second-order valence-corrected chi connectivity index (χ2v) is 6.63. The molecule has 0 unspecified atom stereocenters. The van der Waals surface area contributed by atoms with Crippen molar-refractivity contribution >= 4 is 11.6 Å². The van der Waals surface area contributed by atoms with Crippen molar-refractivity contribution in [3.05, 3.63) is 42.1 Å². The summed E-state index contributed by atoms with van der Waals surface area (Å²) in [7, 11) is 0.